The van der Waals surface area contributed by atoms with Crippen LogP contribution in [0.3, 0.4) is 0 Å². The fourth-order valence-corrected chi connectivity index (χ4v) is 17.1. The number of rotatable bonds is 17. The van der Waals surface area contributed by atoms with Crippen molar-refractivity contribution >= 4 is 0 Å². The SMILES string of the molecule is c1ccc(-c2cccc(-c3cc(-c4cccc(-c5ccccc5)c4)cc(C4(c5cc(-c6cccc(-c7ccccc7)c6)cc(-c6cccc(-c7ccccc7)c6)c5)c5ccccc5-c5ccc(-c6nc(-c7cc(-c8ccccc8)cc(-c8ccccc8)c7)nc(-c7cc(-c8ccccc8)cc(-c8ccccc8)c7)n6)cc54)c3)c2)cc1. The van der Waals surface area contributed by atoms with Crippen molar-refractivity contribution in [2.75, 3.05) is 0 Å². The highest BCUT2D eigenvalue weighted by molar-refractivity contribution is 5.93. The van der Waals surface area contributed by atoms with Crippen molar-refractivity contribution in [1.82, 2.24) is 15.0 Å². The fraction of sp³-hybridized carbons (Fsp3) is 0.00893. The summed E-state index contributed by atoms with van der Waals surface area (Å²) in [6, 6.07) is 166. The van der Waals surface area contributed by atoms with E-state index >= 15 is 0 Å². The quantitative estimate of drug-likeness (QED) is 0.0912. The van der Waals surface area contributed by atoms with Crippen LogP contribution in [0.1, 0.15) is 22.3 Å². The first kappa shape index (κ1) is 69.2. The predicted octanol–water partition coefficient (Wildman–Crippen LogP) is 29.2. The smallest absolute Gasteiger partial charge is 0.164 e. The lowest BCUT2D eigenvalue weighted by molar-refractivity contribution is 0.770. The van der Waals surface area contributed by atoms with Gasteiger partial charge in [0.15, 0.2) is 17.5 Å². The molecule has 3 nitrogen and oxygen atoms in total. The molecular formula is C112H75N3. The highest BCUT2D eigenvalue weighted by Crippen LogP contribution is 2.59. The molecule has 0 saturated heterocycles. The van der Waals surface area contributed by atoms with Crippen LogP contribution in [0.25, 0.3) is 179 Å². The third-order valence-corrected chi connectivity index (χ3v) is 22.7. The van der Waals surface area contributed by atoms with Gasteiger partial charge < -0.3 is 0 Å². The van der Waals surface area contributed by atoms with E-state index in [9.17, 15) is 0 Å². The molecule has 18 aromatic carbocycles. The average molecular weight is 1460 g/mol. The molecule has 0 saturated carbocycles. The van der Waals surface area contributed by atoms with Gasteiger partial charge in [-0.3, -0.25) is 0 Å². The minimum Gasteiger partial charge on any atom is -0.208 e. The van der Waals surface area contributed by atoms with Crippen molar-refractivity contribution in [3.05, 3.63) is 477 Å². The lowest BCUT2D eigenvalue weighted by atomic mass is 9.66. The molecule has 0 unspecified atom stereocenters. The van der Waals surface area contributed by atoms with Crippen LogP contribution in [-0.2, 0) is 5.41 Å². The van der Waals surface area contributed by atoms with Crippen LogP contribution in [-0.4, -0.2) is 15.0 Å². The van der Waals surface area contributed by atoms with Crippen molar-refractivity contribution in [1.29, 1.82) is 0 Å². The Morgan fingerprint density at radius 3 is 0.609 bits per heavy atom. The molecule has 0 atom stereocenters. The third-order valence-electron chi connectivity index (χ3n) is 22.7. The second-order valence-corrected chi connectivity index (χ2v) is 29.8. The van der Waals surface area contributed by atoms with Gasteiger partial charge in [-0.25, -0.2) is 15.0 Å². The lowest BCUT2D eigenvalue weighted by Crippen LogP contribution is -2.29. The first-order valence-corrected chi connectivity index (χ1v) is 39.4. The summed E-state index contributed by atoms with van der Waals surface area (Å²) < 4.78 is 0. The van der Waals surface area contributed by atoms with E-state index in [0.29, 0.717) is 17.5 Å². The zero-order valence-electron chi connectivity index (χ0n) is 63.1. The van der Waals surface area contributed by atoms with Gasteiger partial charge in [0.05, 0.1) is 5.41 Å². The van der Waals surface area contributed by atoms with Crippen LogP contribution in [0, 0.1) is 0 Å². The highest BCUT2D eigenvalue weighted by atomic mass is 15.0. The topological polar surface area (TPSA) is 38.7 Å². The summed E-state index contributed by atoms with van der Waals surface area (Å²) in [6.45, 7) is 0. The van der Waals surface area contributed by atoms with Gasteiger partial charge in [-0.1, -0.05) is 352 Å². The standard InChI is InChI=1S/C112H75N3/c1-9-31-76(32-10-1)84-47-27-51-88(59-84)97-65-98(89-52-28-48-85(60-89)77-33-11-2-12-34-77)72-103(71-97)112(104-73-99(90-53-29-49-86(61-90)78-35-13-3-14-36-78)66-100(74-104)91-54-30-50-87(62-91)79-37-15-4-16-38-79)107-56-26-25-55-105(107)106-58-57-92(75-108(106)112)109-113-110(101-67-93(80-39-17-5-18-40-80)63-94(68-101)81-41-19-6-20-42-81)115-111(114-109)102-69-95(82-43-21-7-22-44-82)64-96(70-102)83-45-23-8-24-46-83/h1-75H. The van der Waals surface area contributed by atoms with Gasteiger partial charge >= 0.3 is 0 Å². The Kier molecular flexibility index (Phi) is 18.2. The van der Waals surface area contributed by atoms with Crippen LogP contribution in [0.4, 0.5) is 0 Å². The summed E-state index contributed by atoms with van der Waals surface area (Å²) in [7, 11) is 0. The highest BCUT2D eigenvalue weighted by Gasteiger charge is 2.47. The number of hydrogen-bond acceptors (Lipinski definition) is 3. The Hall–Kier alpha value is -15.0. The summed E-state index contributed by atoms with van der Waals surface area (Å²) in [6.07, 6.45) is 0. The van der Waals surface area contributed by atoms with Gasteiger partial charge in [-0.15, -0.1) is 0 Å². The van der Waals surface area contributed by atoms with Gasteiger partial charge in [-0.05, 0) is 270 Å². The van der Waals surface area contributed by atoms with E-state index in [-0.39, 0.29) is 0 Å². The molecule has 115 heavy (non-hydrogen) atoms. The third kappa shape index (κ3) is 13.7. The van der Waals surface area contributed by atoms with Crippen molar-refractivity contribution in [3.8, 4) is 179 Å². The van der Waals surface area contributed by atoms with E-state index in [1.807, 2.05) is 0 Å². The molecule has 3 heteroatoms. The zero-order chi connectivity index (χ0) is 76.4. The van der Waals surface area contributed by atoms with E-state index in [0.717, 1.165) is 184 Å². The zero-order valence-corrected chi connectivity index (χ0v) is 63.1. The Morgan fingerprint density at radius 1 is 0.122 bits per heavy atom. The fourth-order valence-electron chi connectivity index (χ4n) is 17.1. The van der Waals surface area contributed by atoms with Crippen LogP contribution in [0.5, 0.6) is 0 Å². The van der Waals surface area contributed by atoms with E-state index in [4.69, 9.17) is 15.0 Å². The molecule has 0 fully saturated rings. The Morgan fingerprint density at radius 2 is 0.322 bits per heavy atom. The Labute approximate surface area is 671 Å². The maximum Gasteiger partial charge on any atom is 0.164 e. The van der Waals surface area contributed by atoms with Crippen LogP contribution in [0.15, 0.2) is 455 Å². The Bertz CT molecular complexity index is 6110. The molecule has 0 N–H and O–H groups in total. The van der Waals surface area contributed by atoms with Gasteiger partial charge in [0, 0.05) is 16.7 Å². The minimum atomic E-state index is -1.05. The first-order valence-electron chi connectivity index (χ1n) is 39.4. The molecule has 20 rings (SSSR count). The summed E-state index contributed by atoms with van der Waals surface area (Å²) in [5, 5.41) is 0. The van der Waals surface area contributed by atoms with Crippen molar-refractivity contribution in [3.63, 3.8) is 0 Å². The van der Waals surface area contributed by atoms with Crippen molar-refractivity contribution < 1.29 is 0 Å². The molecule has 1 aliphatic carbocycles. The molecule has 0 bridgehead atoms. The maximum atomic E-state index is 5.82. The van der Waals surface area contributed by atoms with E-state index < -0.39 is 5.41 Å². The van der Waals surface area contributed by atoms with Crippen LogP contribution in [0.2, 0.25) is 0 Å². The summed E-state index contributed by atoms with van der Waals surface area (Å²) in [5.74, 6) is 1.65. The van der Waals surface area contributed by atoms with Crippen molar-refractivity contribution in [2.24, 2.45) is 0 Å². The number of benzene rings is 18. The van der Waals surface area contributed by atoms with E-state index in [1.54, 1.807) is 0 Å². The van der Waals surface area contributed by atoms with Crippen LogP contribution < -0.4 is 0 Å². The summed E-state index contributed by atoms with van der Waals surface area (Å²) in [4.78, 5) is 17.3. The van der Waals surface area contributed by atoms with Gasteiger partial charge in [0.2, 0.25) is 0 Å². The van der Waals surface area contributed by atoms with Crippen LogP contribution >= 0.6 is 0 Å². The summed E-state index contributed by atoms with van der Waals surface area (Å²) in [5.41, 5.74) is 34.8. The molecule has 538 valence electrons. The predicted molar refractivity (Wildman–Crippen MR) is 479 cm³/mol. The minimum absolute atomic E-state index is 0.542. The number of aromatic nitrogens is 3. The molecule has 1 aliphatic rings. The molecule has 0 aliphatic heterocycles. The number of nitrogens with zero attached hydrogens (tertiary/aromatic N) is 3. The molecule has 0 radical (unpaired) electrons. The normalized spacial score (nSPS) is 11.9. The number of hydrogen-bond donors (Lipinski definition) is 0. The van der Waals surface area contributed by atoms with Gasteiger partial charge in [0.1, 0.15) is 0 Å². The average Bonchev–Trinajstić information content (AvgIpc) is 1.54. The molecular weight excluding hydrogens is 1390 g/mol. The van der Waals surface area contributed by atoms with E-state index in [2.05, 4.69) is 455 Å². The molecule has 1 heterocycles. The largest absolute Gasteiger partial charge is 0.208 e. The maximum absolute atomic E-state index is 5.82. The van der Waals surface area contributed by atoms with E-state index in [1.165, 1.54) is 0 Å². The van der Waals surface area contributed by atoms with Gasteiger partial charge in [0.25, 0.3) is 0 Å². The monoisotopic (exact) mass is 1460 g/mol. The molecule has 0 spiro atoms. The molecule has 19 aromatic rings. The molecule has 0 amide bonds. The lowest BCUT2D eigenvalue weighted by Gasteiger charge is -2.36. The Balaban J connectivity index is 0.894. The molecule has 1 aromatic heterocycles. The second-order valence-electron chi connectivity index (χ2n) is 29.8. The second kappa shape index (κ2) is 30.3. The first-order chi connectivity index (χ1) is 56.9. The summed E-state index contributed by atoms with van der Waals surface area (Å²) >= 11 is 0. The van der Waals surface area contributed by atoms with Crippen molar-refractivity contribution in [2.45, 2.75) is 5.41 Å². The number of fused-ring (bicyclic) bond motifs is 3. The van der Waals surface area contributed by atoms with Gasteiger partial charge in [-0.2, -0.15) is 0 Å².